The first-order valence-electron chi connectivity index (χ1n) is 8.31. The number of aliphatic hydroxyl groups excluding tert-OH is 1. The Morgan fingerprint density at radius 2 is 2.09 bits per heavy atom. The standard InChI is InChI=1S/C17H24ClN3O2/c18-15-4-2-1-3-14(15)16(22)10-20-17(23)19-9-12-7-8-21(11-12)13-5-6-13/h1-4,12-13,16,22H,5-11H2,(H2,19,20,23). The van der Waals surface area contributed by atoms with Crippen molar-refractivity contribution in [2.75, 3.05) is 26.2 Å². The first-order valence-corrected chi connectivity index (χ1v) is 8.69. The Hall–Kier alpha value is -1.30. The van der Waals surface area contributed by atoms with E-state index < -0.39 is 6.10 Å². The van der Waals surface area contributed by atoms with E-state index in [9.17, 15) is 9.90 Å². The Morgan fingerprint density at radius 1 is 1.30 bits per heavy atom. The van der Waals surface area contributed by atoms with E-state index in [-0.39, 0.29) is 12.6 Å². The molecule has 2 unspecified atom stereocenters. The van der Waals surface area contributed by atoms with Gasteiger partial charge in [0.25, 0.3) is 0 Å². The first kappa shape index (κ1) is 16.6. The van der Waals surface area contributed by atoms with Crippen molar-refractivity contribution >= 4 is 17.6 Å². The molecular weight excluding hydrogens is 314 g/mol. The lowest BCUT2D eigenvalue weighted by Crippen LogP contribution is -2.40. The van der Waals surface area contributed by atoms with Crippen molar-refractivity contribution in [1.29, 1.82) is 0 Å². The second-order valence-electron chi connectivity index (χ2n) is 6.51. The van der Waals surface area contributed by atoms with Crippen LogP contribution in [0.2, 0.25) is 5.02 Å². The molecule has 2 aliphatic rings. The zero-order valence-corrected chi connectivity index (χ0v) is 13.9. The second kappa shape index (κ2) is 7.51. The van der Waals surface area contributed by atoms with Crippen LogP contribution in [0.15, 0.2) is 24.3 Å². The lowest BCUT2D eigenvalue weighted by Gasteiger charge is -2.16. The highest BCUT2D eigenvalue weighted by molar-refractivity contribution is 6.31. The predicted octanol–water partition coefficient (Wildman–Crippen LogP) is 2.16. The summed E-state index contributed by atoms with van der Waals surface area (Å²) < 4.78 is 0. The molecule has 0 aromatic heterocycles. The molecule has 3 N–H and O–H groups in total. The molecule has 1 aromatic carbocycles. The molecule has 23 heavy (non-hydrogen) atoms. The van der Waals surface area contributed by atoms with E-state index >= 15 is 0 Å². The maximum atomic E-state index is 11.9. The van der Waals surface area contributed by atoms with Gasteiger partial charge in [-0.05, 0) is 37.8 Å². The summed E-state index contributed by atoms with van der Waals surface area (Å²) in [6.07, 6.45) is 3.02. The summed E-state index contributed by atoms with van der Waals surface area (Å²) in [7, 11) is 0. The van der Waals surface area contributed by atoms with Crippen LogP contribution in [0.3, 0.4) is 0 Å². The Bertz CT molecular complexity index is 550. The molecular formula is C17H24ClN3O2. The van der Waals surface area contributed by atoms with E-state index in [0.29, 0.717) is 23.0 Å². The fraction of sp³-hybridized carbons (Fsp3) is 0.588. The molecule has 0 bridgehead atoms. The second-order valence-corrected chi connectivity index (χ2v) is 6.92. The SMILES string of the molecule is O=C(NCC1CCN(C2CC2)C1)NCC(O)c1ccccc1Cl. The third-order valence-corrected chi connectivity index (χ3v) is 5.00. The van der Waals surface area contributed by atoms with E-state index in [1.165, 1.54) is 12.8 Å². The quantitative estimate of drug-likeness (QED) is 0.745. The number of amides is 2. The molecule has 1 heterocycles. The average molecular weight is 338 g/mol. The number of urea groups is 1. The van der Waals surface area contributed by atoms with Crippen LogP contribution in [0.5, 0.6) is 0 Å². The minimum atomic E-state index is -0.800. The number of hydrogen-bond donors (Lipinski definition) is 3. The third kappa shape index (κ3) is 4.59. The minimum Gasteiger partial charge on any atom is -0.387 e. The van der Waals surface area contributed by atoms with E-state index in [1.54, 1.807) is 12.1 Å². The number of rotatable bonds is 6. The molecule has 2 amide bonds. The van der Waals surface area contributed by atoms with Crippen LogP contribution in [0.1, 0.15) is 30.9 Å². The largest absolute Gasteiger partial charge is 0.387 e. The summed E-state index contributed by atoms with van der Waals surface area (Å²) >= 11 is 6.03. The van der Waals surface area contributed by atoms with Gasteiger partial charge in [0.15, 0.2) is 0 Å². The highest BCUT2D eigenvalue weighted by Gasteiger charge is 2.34. The van der Waals surface area contributed by atoms with Gasteiger partial charge in [0.05, 0.1) is 6.10 Å². The highest BCUT2D eigenvalue weighted by atomic mass is 35.5. The normalized spacial score (nSPS) is 22.8. The molecule has 6 heteroatoms. The van der Waals surface area contributed by atoms with Crippen molar-refractivity contribution in [3.05, 3.63) is 34.9 Å². The van der Waals surface area contributed by atoms with Crippen LogP contribution in [-0.2, 0) is 0 Å². The van der Waals surface area contributed by atoms with Gasteiger partial charge in [0, 0.05) is 36.3 Å². The first-order chi connectivity index (χ1) is 11.1. The number of hydrogen-bond acceptors (Lipinski definition) is 3. The molecule has 1 aromatic rings. The fourth-order valence-corrected chi connectivity index (χ4v) is 3.41. The average Bonchev–Trinajstić information content (AvgIpc) is 3.30. The summed E-state index contributed by atoms with van der Waals surface area (Å²) in [5.74, 6) is 0.537. The van der Waals surface area contributed by atoms with Crippen molar-refractivity contribution in [2.45, 2.75) is 31.4 Å². The number of halogens is 1. The Morgan fingerprint density at radius 3 is 2.83 bits per heavy atom. The van der Waals surface area contributed by atoms with Crippen LogP contribution in [0, 0.1) is 5.92 Å². The van der Waals surface area contributed by atoms with E-state index in [4.69, 9.17) is 11.6 Å². The molecule has 2 fully saturated rings. The van der Waals surface area contributed by atoms with Gasteiger partial charge in [-0.2, -0.15) is 0 Å². The van der Waals surface area contributed by atoms with Crippen molar-refractivity contribution in [3.8, 4) is 0 Å². The Kier molecular flexibility index (Phi) is 5.41. The third-order valence-electron chi connectivity index (χ3n) is 4.65. The van der Waals surface area contributed by atoms with Gasteiger partial charge in [-0.1, -0.05) is 29.8 Å². The topological polar surface area (TPSA) is 64.6 Å². The predicted molar refractivity (Wildman–Crippen MR) is 90.5 cm³/mol. The number of benzene rings is 1. The molecule has 0 spiro atoms. The number of nitrogens with zero attached hydrogens (tertiary/aromatic N) is 1. The Balaban J connectivity index is 1.35. The summed E-state index contributed by atoms with van der Waals surface area (Å²) in [6, 6.07) is 7.69. The van der Waals surface area contributed by atoms with Crippen LogP contribution < -0.4 is 10.6 Å². The summed E-state index contributed by atoms with van der Waals surface area (Å²) in [6.45, 7) is 3.09. The van der Waals surface area contributed by atoms with Gasteiger partial charge >= 0.3 is 6.03 Å². The van der Waals surface area contributed by atoms with Crippen molar-refractivity contribution in [2.24, 2.45) is 5.92 Å². The number of likely N-dealkylation sites (tertiary alicyclic amines) is 1. The zero-order chi connectivity index (χ0) is 16.2. The van der Waals surface area contributed by atoms with Gasteiger partial charge in [-0.25, -0.2) is 4.79 Å². The van der Waals surface area contributed by atoms with E-state index in [2.05, 4.69) is 15.5 Å². The highest BCUT2D eigenvalue weighted by Crippen LogP contribution is 2.31. The van der Waals surface area contributed by atoms with E-state index in [0.717, 1.165) is 25.6 Å². The number of nitrogens with one attached hydrogen (secondary N) is 2. The van der Waals surface area contributed by atoms with Crippen LogP contribution in [0.25, 0.3) is 0 Å². The number of aliphatic hydroxyl groups is 1. The van der Waals surface area contributed by atoms with E-state index in [1.807, 2.05) is 12.1 Å². The van der Waals surface area contributed by atoms with Gasteiger partial charge in [-0.3, -0.25) is 0 Å². The maximum Gasteiger partial charge on any atom is 0.314 e. The molecule has 5 nitrogen and oxygen atoms in total. The van der Waals surface area contributed by atoms with Crippen LogP contribution in [0.4, 0.5) is 4.79 Å². The maximum absolute atomic E-state index is 11.9. The zero-order valence-electron chi connectivity index (χ0n) is 13.2. The van der Waals surface area contributed by atoms with Crippen molar-refractivity contribution in [1.82, 2.24) is 15.5 Å². The minimum absolute atomic E-state index is 0.147. The fourth-order valence-electron chi connectivity index (χ4n) is 3.14. The molecule has 1 aliphatic carbocycles. The Labute approximate surface area is 142 Å². The monoisotopic (exact) mass is 337 g/mol. The van der Waals surface area contributed by atoms with Gasteiger partial charge in [0.2, 0.25) is 0 Å². The molecule has 1 aliphatic heterocycles. The van der Waals surface area contributed by atoms with Gasteiger partial charge in [-0.15, -0.1) is 0 Å². The molecule has 1 saturated carbocycles. The molecule has 126 valence electrons. The lowest BCUT2D eigenvalue weighted by molar-refractivity contribution is 0.173. The summed E-state index contributed by atoms with van der Waals surface area (Å²) in [4.78, 5) is 14.4. The van der Waals surface area contributed by atoms with Crippen LogP contribution >= 0.6 is 11.6 Å². The number of carbonyl (C=O) groups is 1. The smallest absolute Gasteiger partial charge is 0.314 e. The summed E-state index contributed by atoms with van der Waals surface area (Å²) in [5, 5.41) is 16.2. The van der Waals surface area contributed by atoms with Gasteiger partial charge in [0.1, 0.15) is 0 Å². The van der Waals surface area contributed by atoms with Crippen LogP contribution in [-0.4, -0.2) is 48.3 Å². The number of carbonyl (C=O) groups excluding carboxylic acids is 1. The van der Waals surface area contributed by atoms with Crippen molar-refractivity contribution < 1.29 is 9.90 Å². The van der Waals surface area contributed by atoms with Crippen molar-refractivity contribution in [3.63, 3.8) is 0 Å². The summed E-state index contributed by atoms with van der Waals surface area (Å²) in [5.41, 5.74) is 0.630. The molecule has 0 radical (unpaired) electrons. The molecule has 3 rings (SSSR count). The van der Waals surface area contributed by atoms with Gasteiger partial charge < -0.3 is 20.6 Å². The molecule has 1 saturated heterocycles. The molecule has 2 atom stereocenters. The lowest BCUT2D eigenvalue weighted by atomic mass is 10.1.